The second-order valence-corrected chi connectivity index (χ2v) is 6.55. The van der Waals surface area contributed by atoms with Gasteiger partial charge in [0.15, 0.2) is 29.6 Å². The van der Waals surface area contributed by atoms with Crippen molar-refractivity contribution < 1.29 is 38.1 Å². The third-order valence-corrected chi connectivity index (χ3v) is 4.29. The number of esters is 1. The fourth-order valence-corrected chi connectivity index (χ4v) is 2.71. The normalized spacial score (nSPS) is 11.7. The third-order valence-electron chi connectivity index (χ3n) is 4.29. The summed E-state index contributed by atoms with van der Waals surface area (Å²) in [6.45, 7) is 1.78. The average Bonchev–Trinajstić information content (AvgIpc) is 3.30. The van der Waals surface area contributed by atoms with Gasteiger partial charge in [0.2, 0.25) is 6.79 Å². The zero-order valence-corrected chi connectivity index (χ0v) is 18.1. The summed E-state index contributed by atoms with van der Waals surface area (Å²) in [5, 5.41) is 6.38. The molecule has 174 valence electrons. The lowest BCUT2D eigenvalue weighted by molar-refractivity contribution is -0.142. The molecule has 2 N–H and O–H groups in total. The summed E-state index contributed by atoms with van der Waals surface area (Å²) in [4.78, 5) is 35.5. The Balaban J connectivity index is 1.50. The molecule has 0 spiro atoms. The van der Waals surface area contributed by atoms with Crippen LogP contribution in [0.1, 0.15) is 22.8 Å². The Morgan fingerprint density at radius 1 is 1.06 bits per heavy atom. The van der Waals surface area contributed by atoms with E-state index in [0.29, 0.717) is 40.7 Å². The van der Waals surface area contributed by atoms with Crippen LogP contribution in [0.25, 0.3) is 0 Å². The summed E-state index contributed by atoms with van der Waals surface area (Å²) < 4.78 is 25.9. The number of hydrogen-bond acceptors (Lipinski definition) is 9. The molecule has 2 aromatic rings. The van der Waals surface area contributed by atoms with E-state index < -0.39 is 17.8 Å². The van der Waals surface area contributed by atoms with Crippen LogP contribution in [0.3, 0.4) is 0 Å². The number of fused-ring (bicyclic) bond motifs is 1. The summed E-state index contributed by atoms with van der Waals surface area (Å²) in [7, 11) is 1.27. The van der Waals surface area contributed by atoms with Gasteiger partial charge in [-0.05, 0) is 48.9 Å². The van der Waals surface area contributed by atoms with E-state index in [-0.39, 0.29) is 19.9 Å². The minimum atomic E-state index is -0.517. The summed E-state index contributed by atoms with van der Waals surface area (Å²) >= 11 is 0. The van der Waals surface area contributed by atoms with Crippen LogP contribution in [0.5, 0.6) is 23.0 Å². The second-order valence-electron chi connectivity index (χ2n) is 6.55. The number of rotatable bonds is 10. The molecule has 0 unspecified atom stereocenters. The summed E-state index contributed by atoms with van der Waals surface area (Å²) in [6, 6.07) is 9.68. The average molecular weight is 457 g/mol. The smallest absolute Gasteiger partial charge is 0.343 e. The molecule has 0 aromatic heterocycles. The van der Waals surface area contributed by atoms with Gasteiger partial charge in [0.05, 0.1) is 26.5 Å². The van der Waals surface area contributed by atoms with Crippen molar-refractivity contribution in [1.82, 2.24) is 10.7 Å². The molecule has 0 radical (unpaired) electrons. The quantitative estimate of drug-likeness (QED) is 0.309. The highest BCUT2D eigenvalue weighted by molar-refractivity contribution is 5.97. The molecule has 0 fully saturated rings. The van der Waals surface area contributed by atoms with Crippen LogP contribution in [-0.2, 0) is 14.3 Å². The predicted molar refractivity (Wildman–Crippen MR) is 116 cm³/mol. The monoisotopic (exact) mass is 457 g/mol. The molecule has 0 atom stereocenters. The number of hydrogen-bond donors (Lipinski definition) is 2. The van der Waals surface area contributed by atoms with E-state index in [2.05, 4.69) is 20.6 Å². The van der Waals surface area contributed by atoms with E-state index in [9.17, 15) is 14.4 Å². The lowest BCUT2D eigenvalue weighted by atomic mass is 10.2. The molecule has 0 aliphatic carbocycles. The molecule has 1 aliphatic heterocycles. The first-order valence-electron chi connectivity index (χ1n) is 9.96. The molecule has 0 saturated carbocycles. The maximum atomic E-state index is 12.2. The SMILES string of the molecule is CCOc1cc(/C=N/NC(=O)CNC(=O)c2ccc3c(c2)OCO3)ccc1OCC(=O)OC. The first kappa shape index (κ1) is 23.4. The lowest BCUT2D eigenvalue weighted by Gasteiger charge is -2.11. The number of amides is 2. The number of hydrazone groups is 1. The largest absolute Gasteiger partial charge is 0.490 e. The van der Waals surface area contributed by atoms with Crippen molar-refractivity contribution in [3.8, 4) is 23.0 Å². The van der Waals surface area contributed by atoms with Crippen molar-refractivity contribution in [1.29, 1.82) is 0 Å². The molecule has 0 saturated heterocycles. The Morgan fingerprint density at radius 2 is 1.88 bits per heavy atom. The molecule has 11 heteroatoms. The second kappa shape index (κ2) is 11.4. The van der Waals surface area contributed by atoms with E-state index in [1.54, 1.807) is 36.4 Å². The Labute approximate surface area is 189 Å². The minimum Gasteiger partial charge on any atom is -0.490 e. The number of nitrogens with one attached hydrogen (secondary N) is 2. The standard InChI is InChI=1S/C22H23N3O8/c1-3-30-18-8-14(4-6-16(18)31-12-21(27)29-2)10-24-25-20(26)11-23-22(28)15-5-7-17-19(9-15)33-13-32-17/h4-10H,3,11-13H2,1-2H3,(H,23,28)(H,25,26)/b24-10+. The van der Waals surface area contributed by atoms with Gasteiger partial charge < -0.3 is 29.0 Å². The van der Waals surface area contributed by atoms with Crippen LogP contribution in [0, 0.1) is 0 Å². The highest BCUT2D eigenvalue weighted by Crippen LogP contribution is 2.32. The molecule has 0 bridgehead atoms. The van der Waals surface area contributed by atoms with Crippen molar-refractivity contribution in [2.75, 3.05) is 33.7 Å². The zero-order chi connectivity index (χ0) is 23.6. The minimum absolute atomic E-state index is 0.107. The number of nitrogens with zero attached hydrogens (tertiary/aromatic N) is 1. The molecule has 2 amide bonds. The number of benzene rings is 2. The molecule has 1 aliphatic rings. The first-order valence-corrected chi connectivity index (χ1v) is 9.96. The van der Waals surface area contributed by atoms with Gasteiger partial charge in [0.1, 0.15) is 0 Å². The topological polar surface area (TPSA) is 134 Å². The van der Waals surface area contributed by atoms with E-state index in [0.717, 1.165) is 0 Å². The lowest BCUT2D eigenvalue weighted by Crippen LogP contribution is -2.34. The number of ether oxygens (including phenoxy) is 5. The van der Waals surface area contributed by atoms with Gasteiger partial charge in [-0.25, -0.2) is 10.2 Å². The van der Waals surface area contributed by atoms with Crippen molar-refractivity contribution in [3.63, 3.8) is 0 Å². The number of carbonyl (C=O) groups excluding carboxylic acids is 3. The summed E-state index contributed by atoms with van der Waals surface area (Å²) in [5.41, 5.74) is 3.29. The van der Waals surface area contributed by atoms with Crippen LogP contribution >= 0.6 is 0 Å². The third kappa shape index (κ3) is 6.60. The molecule has 2 aromatic carbocycles. The number of carbonyl (C=O) groups is 3. The summed E-state index contributed by atoms with van der Waals surface area (Å²) in [6.07, 6.45) is 1.41. The van der Waals surface area contributed by atoms with E-state index in [1.807, 2.05) is 6.92 Å². The van der Waals surface area contributed by atoms with Gasteiger partial charge in [-0.2, -0.15) is 5.10 Å². The van der Waals surface area contributed by atoms with E-state index >= 15 is 0 Å². The Hall–Kier alpha value is -4.28. The fraction of sp³-hybridized carbons (Fsp3) is 0.273. The molecule has 11 nitrogen and oxygen atoms in total. The Kier molecular flexibility index (Phi) is 8.06. The zero-order valence-electron chi connectivity index (χ0n) is 18.1. The van der Waals surface area contributed by atoms with E-state index in [4.69, 9.17) is 18.9 Å². The van der Waals surface area contributed by atoms with Gasteiger partial charge in [-0.1, -0.05) is 0 Å². The van der Waals surface area contributed by atoms with Crippen LogP contribution in [0.4, 0.5) is 0 Å². The predicted octanol–water partition coefficient (Wildman–Crippen LogP) is 1.25. The molecule has 33 heavy (non-hydrogen) atoms. The van der Waals surface area contributed by atoms with Crippen molar-refractivity contribution in [3.05, 3.63) is 47.5 Å². The molecule has 1 heterocycles. The van der Waals surface area contributed by atoms with Crippen LogP contribution in [-0.4, -0.2) is 57.7 Å². The summed E-state index contributed by atoms with van der Waals surface area (Å²) in [5.74, 6) is 0.359. The van der Waals surface area contributed by atoms with Gasteiger partial charge in [0.25, 0.3) is 11.8 Å². The molecular weight excluding hydrogens is 434 g/mol. The maximum Gasteiger partial charge on any atom is 0.343 e. The molecular formula is C22H23N3O8. The van der Waals surface area contributed by atoms with Crippen LogP contribution < -0.4 is 29.7 Å². The van der Waals surface area contributed by atoms with Crippen molar-refractivity contribution >= 4 is 24.0 Å². The van der Waals surface area contributed by atoms with Crippen LogP contribution in [0.2, 0.25) is 0 Å². The van der Waals surface area contributed by atoms with Crippen molar-refractivity contribution in [2.24, 2.45) is 5.10 Å². The Bertz CT molecular complexity index is 1050. The van der Waals surface area contributed by atoms with Gasteiger partial charge in [-0.15, -0.1) is 0 Å². The highest BCUT2D eigenvalue weighted by atomic mass is 16.7. The highest BCUT2D eigenvalue weighted by Gasteiger charge is 2.16. The van der Waals surface area contributed by atoms with Crippen molar-refractivity contribution in [2.45, 2.75) is 6.92 Å². The number of methoxy groups -OCH3 is 1. The van der Waals surface area contributed by atoms with E-state index in [1.165, 1.54) is 13.3 Å². The van der Waals surface area contributed by atoms with Crippen LogP contribution in [0.15, 0.2) is 41.5 Å². The Morgan fingerprint density at radius 3 is 2.67 bits per heavy atom. The fourth-order valence-electron chi connectivity index (χ4n) is 2.71. The first-order chi connectivity index (χ1) is 16.0. The van der Waals surface area contributed by atoms with Gasteiger partial charge in [-0.3, -0.25) is 9.59 Å². The van der Waals surface area contributed by atoms with Gasteiger partial charge >= 0.3 is 5.97 Å². The maximum absolute atomic E-state index is 12.2. The van der Waals surface area contributed by atoms with Gasteiger partial charge in [0, 0.05) is 5.56 Å². The molecule has 3 rings (SSSR count).